The molecule has 6 nitrogen and oxygen atoms in total. The maximum Gasteiger partial charge on any atom is 0.327 e. The van der Waals surface area contributed by atoms with Gasteiger partial charge in [0.1, 0.15) is 6.54 Å². The third-order valence-electron chi connectivity index (χ3n) is 6.08. The minimum atomic E-state index is -0.252. The van der Waals surface area contributed by atoms with E-state index in [0.717, 1.165) is 39.3 Å². The molecule has 148 valence electrons. The lowest BCUT2D eigenvalue weighted by Crippen LogP contribution is -2.29. The quantitative estimate of drug-likeness (QED) is 0.739. The van der Waals surface area contributed by atoms with E-state index >= 15 is 0 Å². The van der Waals surface area contributed by atoms with Gasteiger partial charge in [0.2, 0.25) is 5.91 Å². The Morgan fingerprint density at radius 1 is 0.897 bits per heavy atom. The number of amides is 4. The fourth-order valence-corrected chi connectivity index (χ4v) is 4.12. The second kappa shape index (κ2) is 6.72. The Hall–Kier alpha value is -3.15. The first-order valence-corrected chi connectivity index (χ1v) is 10.1. The Bertz CT molecular complexity index is 1010. The fraction of sp³-hybridized carbons (Fsp3) is 0.348. The zero-order valence-corrected chi connectivity index (χ0v) is 16.4. The Morgan fingerprint density at radius 2 is 1.62 bits per heavy atom. The molecule has 4 amide bonds. The van der Waals surface area contributed by atoms with Crippen LogP contribution in [-0.4, -0.2) is 52.7 Å². The largest absolute Gasteiger partial charge is 0.334 e. The lowest BCUT2D eigenvalue weighted by atomic mass is 9.99. The summed E-state index contributed by atoms with van der Waals surface area (Å²) in [5, 5.41) is 0. The van der Waals surface area contributed by atoms with Gasteiger partial charge >= 0.3 is 6.03 Å². The van der Waals surface area contributed by atoms with Crippen molar-refractivity contribution < 1.29 is 14.4 Å². The summed E-state index contributed by atoms with van der Waals surface area (Å²) < 4.78 is 0. The lowest BCUT2D eigenvalue weighted by molar-refractivity contribution is -0.124. The fourth-order valence-electron chi connectivity index (χ4n) is 4.12. The van der Waals surface area contributed by atoms with Crippen LogP contribution in [0.3, 0.4) is 0 Å². The molecule has 1 aliphatic carbocycles. The van der Waals surface area contributed by atoms with Gasteiger partial charge in [-0.1, -0.05) is 30.3 Å². The van der Waals surface area contributed by atoms with Crippen molar-refractivity contribution >= 4 is 17.8 Å². The molecule has 1 saturated carbocycles. The number of likely N-dealkylation sites (N-methyl/N-ethyl adjacent to an activating group) is 1. The normalized spacial score (nSPS) is 18.8. The number of nitrogens with zero attached hydrogens (tertiary/aromatic N) is 3. The van der Waals surface area contributed by atoms with Crippen LogP contribution in [0, 0.1) is 5.92 Å². The molecule has 5 rings (SSSR count). The Kier molecular flexibility index (Phi) is 4.15. The van der Waals surface area contributed by atoms with Crippen molar-refractivity contribution in [3.05, 3.63) is 59.2 Å². The van der Waals surface area contributed by atoms with Crippen molar-refractivity contribution in [2.24, 2.45) is 5.92 Å². The SMILES string of the molecule is CN1C(=O)CN(Cc2ccc(-c3ccc4c(c3)CN(CC3CC3)C4=O)cc2)C1=O. The third-order valence-corrected chi connectivity index (χ3v) is 6.08. The highest BCUT2D eigenvalue weighted by Gasteiger charge is 2.33. The molecule has 0 aromatic heterocycles. The number of hydrogen-bond donors (Lipinski definition) is 0. The number of fused-ring (bicyclic) bond motifs is 1. The topological polar surface area (TPSA) is 60.9 Å². The first kappa shape index (κ1) is 17.9. The van der Waals surface area contributed by atoms with Gasteiger partial charge in [0.25, 0.3) is 5.91 Å². The molecule has 0 N–H and O–H groups in total. The molecule has 0 unspecified atom stereocenters. The second-order valence-corrected chi connectivity index (χ2v) is 8.29. The highest BCUT2D eigenvalue weighted by Crippen LogP contribution is 2.34. The van der Waals surface area contributed by atoms with Crippen molar-refractivity contribution in [2.45, 2.75) is 25.9 Å². The van der Waals surface area contributed by atoms with Gasteiger partial charge in [-0.25, -0.2) is 4.79 Å². The van der Waals surface area contributed by atoms with E-state index in [1.807, 2.05) is 41.3 Å². The van der Waals surface area contributed by atoms with Gasteiger partial charge in [-0.05, 0) is 53.1 Å². The first-order chi connectivity index (χ1) is 14.0. The molecule has 2 aromatic rings. The maximum absolute atomic E-state index is 12.6. The Labute approximate surface area is 169 Å². The Balaban J connectivity index is 1.30. The van der Waals surface area contributed by atoms with Gasteiger partial charge in [0.15, 0.2) is 0 Å². The van der Waals surface area contributed by atoms with Gasteiger partial charge in [0.05, 0.1) is 0 Å². The number of carbonyl (C=O) groups is 3. The van der Waals surface area contributed by atoms with E-state index in [1.54, 1.807) is 4.90 Å². The lowest BCUT2D eigenvalue weighted by Gasteiger charge is -2.15. The summed E-state index contributed by atoms with van der Waals surface area (Å²) in [5.74, 6) is 0.677. The highest BCUT2D eigenvalue weighted by atomic mass is 16.2. The molecule has 2 aromatic carbocycles. The summed E-state index contributed by atoms with van der Waals surface area (Å²) in [4.78, 5) is 40.9. The molecular formula is C23H23N3O3. The van der Waals surface area contributed by atoms with Crippen LogP contribution in [0.25, 0.3) is 11.1 Å². The molecule has 2 aliphatic heterocycles. The molecule has 6 heteroatoms. The van der Waals surface area contributed by atoms with Crippen molar-refractivity contribution in [3.63, 3.8) is 0 Å². The molecule has 0 radical (unpaired) electrons. The van der Waals surface area contributed by atoms with Crippen LogP contribution in [0.2, 0.25) is 0 Å². The summed E-state index contributed by atoms with van der Waals surface area (Å²) in [6.45, 7) is 2.14. The van der Waals surface area contributed by atoms with Crippen molar-refractivity contribution in [2.75, 3.05) is 20.1 Å². The minimum Gasteiger partial charge on any atom is -0.334 e. The van der Waals surface area contributed by atoms with E-state index < -0.39 is 0 Å². The highest BCUT2D eigenvalue weighted by molar-refractivity contribution is 6.01. The molecule has 2 fully saturated rings. The average molecular weight is 389 g/mol. The van der Waals surface area contributed by atoms with E-state index in [9.17, 15) is 14.4 Å². The van der Waals surface area contributed by atoms with Gasteiger partial charge in [-0.2, -0.15) is 0 Å². The maximum atomic E-state index is 12.6. The number of urea groups is 1. The number of hydrogen-bond acceptors (Lipinski definition) is 3. The van der Waals surface area contributed by atoms with E-state index in [-0.39, 0.29) is 24.4 Å². The number of carbonyl (C=O) groups excluding carboxylic acids is 3. The smallest absolute Gasteiger partial charge is 0.327 e. The summed E-state index contributed by atoms with van der Waals surface area (Å²) >= 11 is 0. The predicted molar refractivity (Wildman–Crippen MR) is 108 cm³/mol. The van der Waals surface area contributed by atoms with Crippen LogP contribution >= 0.6 is 0 Å². The molecule has 0 bridgehead atoms. The average Bonchev–Trinajstić information content (AvgIpc) is 3.45. The van der Waals surface area contributed by atoms with Crippen molar-refractivity contribution in [1.82, 2.24) is 14.7 Å². The van der Waals surface area contributed by atoms with Gasteiger partial charge < -0.3 is 9.80 Å². The van der Waals surface area contributed by atoms with Crippen LogP contribution in [0.1, 0.15) is 34.3 Å². The van der Waals surface area contributed by atoms with Crippen LogP contribution < -0.4 is 0 Å². The standard InChI is InChI=1S/C23H23N3O3/c1-24-21(27)14-26(23(24)29)12-16-4-6-17(7-5-16)18-8-9-20-19(10-18)13-25(22(20)28)11-15-2-3-15/h4-10,15H,2-3,11-14H2,1H3. The van der Waals surface area contributed by atoms with Crippen molar-refractivity contribution in [1.29, 1.82) is 0 Å². The summed E-state index contributed by atoms with van der Waals surface area (Å²) in [5.41, 5.74) is 5.07. The molecule has 3 aliphatic rings. The Morgan fingerprint density at radius 3 is 2.28 bits per heavy atom. The first-order valence-electron chi connectivity index (χ1n) is 10.1. The van der Waals surface area contributed by atoms with Crippen LogP contribution in [0.15, 0.2) is 42.5 Å². The third kappa shape index (κ3) is 3.28. The summed E-state index contributed by atoms with van der Waals surface area (Å²) in [6, 6.07) is 13.9. The molecular weight excluding hydrogens is 366 g/mol. The monoisotopic (exact) mass is 389 g/mol. The zero-order valence-electron chi connectivity index (χ0n) is 16.4. The number of rotatable bonds is 5. The number of imide groups is 1. The van der Waals surface area contributed by atoms with E-state index in [2.05, 4.69) is 6.07 Å². The van der Waals surface area contributed by atoms with Gasteiger partial charge in [-0.3, -0.25) is 14.5 Å². The van der Waals surface area contributed by atoms with E-state index in [1.165, 1.54) is 19.9 Å². The second-order valence-electron chi connectivity index (χ2n) is 8.29. The minimum absolute atomic E-state index is 0.132. The summed E-state index contributed by atoms with van der Waals surface area (Å²) in [6.07, 6.45) is 2.48. The zero-order chi connectivity index (χ0) is 20.1. The molecule has 0 spiro atoms. The van der Waals surface area contributed by atoms with Gasteiger partial charge in [-0.15, -0.1) is 0 Å². The van der Waals surface area contributed by atoms with E-state index in [4.69, 9.17) is 0 Å². The summed E-state index contributed by atoms with van der Waals surface area (Å²) in [7, 11) is 1.51. The van der Waals surface area contributed by atoms with Crippen LogP contribution in [-0.2, 0) is 17.9 Å². The number of benzene rings is 2. The van der Waals surface area contributed by atoms with Crippen LogP contribution in [0.5, 0.6) is 0 Å². The van der Waals surface area contributed by atoms with Crippen molar-refractivity contribution in [3.8, 4) is 11.1 Å². The molecule has 0 atom stereocenters. The molecule has 1 saturated heterocycles. The molecule has 29 heavy (non-hydrogen) atoms. The van der Waals surface area contributed by atoms with Crippen LogP contribution in [0.4, 0.5) is 4.79 Å². The van der Waals surface area contributed by atoms with Gasteiger partial charge in [0, 0.05) is 32.2 Å². The predicted octanol–water partition coefficient (Wildman–Crippen LogP) is 3.11. The van der Waals surface area contributed by atoms with E-state index in [0.29, 0.717) is 19.0 Å². The molecule has 2 heterocycles.